The van der Waals surface area contributed by atoms with Crippen LogP contribution < -0.4 is 5.73 Å². The molecule has 2 nitrogen and oxygen atoms in total. The van der Waals surface area contributed by atoms with Crippen molar-refractivity contribution in [2.45, 2.75) is 44.6 Å². The van der Waals surface area contributed by atoms with E-state index in [2.05, 4.69) is 54.9 Å². The van der Waals surface area contributed by atoms with E-state index in [0.29, 0.717) is 0 Å². The van der Waals surface area contributed by atoms with Crippen LogP contribution in [-0.4, -0.2) is 18.8 Å². The third kappa shape index (κ3) is 2.95. The molecule has 0 amide bonds. The molecule has 0 saturated carbocycles. The SMILES string of the molecule is Cc1ccc(Br)cc1C1(CCC(C)(C)N)COC1. The number of halogens is 1. The summed E-state index contributed by atoms with van der Waals surface area (Å²) in [5, 5.41) is 0. The number of benzene rings is 1. The van der Waals surface area contributed by atoms with Crippen LogP contribution in [-0.2, 0) is 10.2 Å². The third-order valence-corrected chi connectivity index (χ3v) is 4.27. The number of ether oxygens (including phenoxy) is 1. The Hall–Kier alpha value is -0.380. The second-order valence-corrected chi connectivity index (χ2v) is 7.14. The molecule has 1 aliphatic heterocycles. The average molecular weight is 312 g/mol. The van der Waals surface area contributed by atoms with E-state index in [4.69, 9.17) is 10.5 Å². The van der Waals surface area contributed by atoms with Crippen molar-refractivity contribution in [1.29, 1.82) is 0 Å². The second kappa shape index (κ2) is 4.95. The van der Waals surface area contributed by atoms with E-state index in [0.717, 1.165) is 30.5 Å². The molecule has 1 aromatic rings. The Balaban J connectivity index is 2.24. The molecule has 0 bridgehead atoms. The average Bonchev–Trinajstić information content (AvgIpc) is 2.20. The van der Waals surface area contributed by atoms with Crippen LogP contribution in [0.5, 0.6) is 0 Å². The van der Waals surface area contributed by atoms with Gasteiger partial charge in [-0.1, -0.05) is 22.0 Å². The summed E-state index contributed by atoms with van der Waals surface area (Å²) < 4.78 is 6.64. The van der Waals surface area contributed by atoms with E-state index in [9.17, 15) is 0 Å². The molecule has 2 rings (SSSR count). The van der Waals surface area contributed by atoms with Crippen molar-refractivity contribution in [3.63, 3.8) is 0 Å². The first kappa shape index (κ1) is 14.0. The van der Waals surface area contributed by atoms with Gasteiger partial charge in [-0.05, 0) is 56.9 Å². The van der Waals surface area contributed by atoms with Crippen LogP contribution in [0, 0.1) is 6.92 Å². The molecule has 1 fully saturated rings. The summed E-state index contributed by atoms with van der Waals surface area (Å²) >= 11 is 3.57. The summed E-state index contributed by atoms with van der Waals surface area (Å²) in [6.07, 6.45) is 2.11. The van der Waals surface area contributed by atoms with Crippen molar-refractivity contribution in [3.05, 3.63) is 33.8 Å². The fourth-order valence-corrected chi connectivity index (χ4v) is 2.87. The summed E-state index contributed by atoms with van der Waals surface area (Å²) in [5.74, 6) is 0. The van der Waals surface area contributed by atoms with E-state index in [1.807, 2.05) is 0 Å². The third-order valence-electron chi connectivity index (χ3n) is 3.78. The Morgan fingerprint density at radius 1 is 1.39 bits per heavy atom. The van der Waals surface area contributed by atoms with E-state index in [1.165, 1.54) is 11.1 Å². The van der Waals surface area contributed by atoms with Gasteiger partial charge in [-0.25, -0.2) is 0 Å². The van der Waals surface area contributed by atoms with Crippen molar-refractivity contribution in [3.8, 4) is 0 Å². The van der Waals surface area contributed by atoms with Crippen LogP contribution in [0.3, 0.4) is 0 Å². The highest BCUT2D eigenvalue weighted by Gasteiger charge is 2.41. The molecule has 3 heteroatoms. The number of hydrogen-bond acceptors (Lipinski definition) is 2. The number of aryl methyl sites for hydroxylation is 1. The highest BCUT2D eigenvalue weighted by Crippen LogP contribution is 2.40. The summed E-state index contributed by atoms with van der Waals surface area (Å²) in [6, 6.07) is 6.51. The Morgan fingerprint density at radius 2 is 2.06 bits per heavy atom. The number of rotatable bonds is 4. The maximum atomic E-state index is 6.12. The molecule has 0 atom stereocenters. The van der Waals surface area contributed by atoms with E-state index in [1.54, 1.807) is 0 Å². The summed E-state index contributed by atoms with van der Waals surface area (Å²) in [5.41, 5.74) is 8.93. The van der Waals surface area contributed by atoms with Crippen LogP contribution in [0.25, 0.3) is 0 Å². The topological polar surface area (TPSA) is 35.2 Å². The Morgan fingerprint density at radius 3 is 2.56 bits per heavy atom. The minimum absolute atomic E-state index is 0.109. The van der Waals surface area contributed by atoms with Crippen molar-refractivity contribution in [2.75, 3.05) is 13.2 Å². The van der Waals surface area contributed by atoms with Gasteiger partial charge < -0.3 is 10.5 Å². The van der Waals surface area contributed by atoms with Gasteiger partial charge in [-0.15, -0.1) is 0 Å². The van der Waals surface area contributed by atoms with Crippen LogP contribution >= 0.6 is 15.9 Å². The lowest BCUT2D eigenvalue weighted by Crippen LogP contribution is -2.49. The fraction of sp³-hybridized carbons (Fsp3) is 0.600. The van der Waals surface area contributed by atoms with Crippen LogP contribution in [0.1, 0.15) is 37.8 Å². The molecule has 1 aliphatic rings. The Labute approximate surface area is 118 Å². The molecule has 18 heavy (non-hydrogen) atoms. The molecular formula is C15H22BrNO. The molecular weight excluding hydrogens is 290 g/mol. The van der Waals surface area contributed by atoms with Crippen LogP contribution in [0.15, 0.2) is 22.7 Å². The molecule has 2 N–H and O–H groups in total. The first-order chi connectivity index (χ1) is 8.32. The van der Waals surface area contributed by atoms with Gasteiger partial charge in [0.05, 0.1) is 13.2 Å². The lowest BCUT2D eigenvalue weighted by molar-refractivity contribution is -0.0672. The molecule has 1 aromatic carbocycles. The smallest absolute Gasteiger partial charge is 0.0585 e. The van der Waals surface area contributed by atoms with Gasteiger partial charge in [0.15, 0.2) is 0 Å². The lowest BCUT2D eigenvalue weighted by Gasteiger charge is -2.44. The van der Waals surface area contributed by atoms with Gasteiger partial charge in [0.1, 0.15) is 0 Å². The minimum Gasteiger partial charge on any atom is -0.379 e. The van der Waals surface area contributed by atoms with Gasteiger partial charge in [-0.3, -0.25) is 0 Å². The van der Waals surface area contributed by atoms with Gasteiger partial charge in [0.2, 0.25) is 0 Å². The van der Waals surface area contributed by atoms with E-state index in [-0.39, 0.29) is 11.0 Å². The molecule has 100 valence electrons. The maximum Gasteiger partial charge on any atom is 0.0585 e. The monoisotopic (exact) mass is 311 g/mol. The molecule has 0 aromatic heterocycles. The zero-order valence-electron chi connectivity index (χ0n) is 11.4. The normalized spacial score (nSPS) is 18.5. The summed E-state index contributed by atoms with van der Waals surface area (Å²) in [7, 11) is 0. The summed E-state index contributed by atoms with van der Waals surface area (Å²) in [4.78, 5) is 0. The standard InChI is InChI=1S/C15H22BrNO/c1-11-4-5-12(16)8-13(11)15(9-18-10-15)7-6-14(2,3)17/h4-5,8H,6-7,9-10,17H2,1-3H3. The number of hydrogen-bond donors (Lipinski definition) is 1. The van der Waals surface area contributed by atoms with Gasteiger partial charge in [-0.2, -0.15) is 0 Å². The van der Waals surface area contributed by atoms with E-state index < -0.39 is 0 Å². The molecule has 0 radical (unpaired) electrons. The van der Waals surface area contributed by atoms with Gasteiger partial charge in [0.25, 0.3) is 0 Å². The van der Waals surface area contributed by atoms with Gasteiger partial charge in [0, 0.05) is 15.4 Å². The fourth-order valence-electron chi connectivity index (χ4n) is 2.51. The lowest BCUT2D eigenvalue weighted by atomic mass is 9.71. The number of nitrogens with two attached hydrogens (primary N) is 1. The molecule has 1 saturated heterocycles. The quantitative estimate of drug-likeness (QED) is 0.923. The van der Waals surface area contributed by atoms with E-state index >= 15 is 0 Å². The molecule has 0 spiro atoms. The maximum absolute atomic E-state index is 6.12. The highest BCUT2D eigenvalue weighted by atomic mass is 79.9. The van der Waals surface area contributed by atoms with Crippen molar-refractivity contribution in [2.24, 2.45) is 5.73 Å². The largest absolute Gasteiger partial charge is 0.379 e. The molecule has 0 unspecified atom stereocenters. The first-order valence-electron chi connectivity index (χ1n) is 6.46. The Kier molecular flexibility index (Phi) is 3.86. The van der Waals surface area contributed by atoms with Gasteiger partial charge >= 0.3 is 0 Å². The second-order valence-electron chi connectivity index (χ2n) is 6.22. The van der Waals surface area contributed by atoms with Crippen molar-refractivity contribution >= 4 is 15.9 Å². The van der Waals surface area contributed by atoms with Crippen molar-refractivity contribution in [1.82, 2.24) is 0 Å². The Bertz CT molecular complexity index is 433. The van der Waals surface area contributed by atoms with Crippen LogP contribution in [0.2, 0.25) is 0 Å². The van der Waals surface area contributed by atoms with Crippen LogP contribution in [0.4, 0.5) is 0 Å². The first-order valence-corrected chi connectivity index (χ1v) is 7.25. The molecule has 1 heterocycles. The predicted molar refractivity (Wildman–Crippen MR) is 78.9 cm³/mol. The highest BCUT2D eigenvalue weighted by molar-refractivity contribution is 9.10. The zero-order valence-corrected chi connectivity index (χ0v) is 13.0. The van der Waals surface area contributed by atoms with Crippen molar-refractivity contribution < 1.29 is 4.74 Å². The predicted octanol–water partition coefficient (Wildman–Crippen LogP) is 3.54. The zero-order chi connectivity index (χ0) is 13.4. The minimum atomic E-state index is -0.109. The summed E-state index contributed by atoms with van der Waals surface area (Å²) in [6.45, 7) is 8.00. The molecule has 0 aliphatic carbocycles.